The van der Waals surface area contributed by atoms with E-state index in [1.807, 2.05) is 0 Å². The molecule has 0 saturated heterocycles. The van der Waals surface area contributed by atoms with Gasteiger partial charge in [-0.25, -0.2) is 0 Å². The molecular weight excluding hydrogens is 252 g/mol. The van der Waals surface area contributed by atoms with Crippen molar-refractivity contribution in [2.75, 3.05) is 5.32 Å². The van der Waals surface area contributed by atoms with Crippen LogP contribution in [0.3, 0.4) is 0 Å². The Morgan fingerprint density at radius 2 is 1.58 bits per heavy atom. The summed E-state index contributed by atoms with van der Waals surface area (Å²) in [7, 11) is 0. The molecule has 3 heteroatoms. The molecular formula is C16H26N2S. The molecule has 0 amide bonds. The lowest BCUT2D eigenvalue weighted by Gasteiger charge is -2.27. The summed E-state index contributed by atoms with van der Waals surface area (Å²) >= 11 is 5.39. The fraction of sp³-hybridized carbons (Fsp3) is 0.562. The third-order valence-corrected chi connectivity index (χ3v) is 3.57. The van der Waals surface area contributed by atoms with E-state index in [1.165, 1.54) is 5.56 Å². The van der Waals surface area contributed by atoms with Gasteiger partial charge in [0.05, 0.1) is 0 Å². The number of thiocarbonyl (C=S) groups is 1. The first-order valence-electron chi connectivity index (χ1n) is 7.10. The summed E-state index contributed by atoms with van der Waals surface area (Å²) in [6.07, 6.45) is 1.06. The molecule has 0 fully saturated rings. The number of hydrogen-bond donors (Lipinski definition) is 2. The molecule has 2 N–H and O–H groups in total. The highest BCUT2D eigenvalue weighted by molar-refractivity contribution is 7.80. The summed E-state index contributed by atoms with van der Waals surface area (Å²) in [6, 6.07) is 8.81. The van der Waals surface area contributed by atoms with Gasteiger partial charge in [-0.05, 0) is 48.2 Å². The second-order valence-corrected chi connectivity index (χ2v) is 6.07. The van der Waals surface area contributed by atoms with Gasteiger partial charge < -0.3 is 10.6 Å². The Kier molecular flexibility index (Phi) is 6.29. The van der Waals surface area contributed by atoms with Gasteiger partial charge in [0.15, 0.2) is 5.11 Å². The molecule has 0 spiro atoms. The van der Waals surface area contributed by atoms with Gasteiger partial charge in [0.2, 0.25) is 0 Å². The van der Waals surface area contributed by atoms with Crippen LogP contribution in [-0.4, -0.2) is 11.2 Å². The van der Waals surface area contributed by atoms with Crippen molar-refractivity contribution in [3.8, 4) is 0 Å². The molecule has 19 heavy (non-hydrogen) atoms. The van der Waals surface area contributed by atoms with E-state index in [-0.39, 0.29) is 0 Å². The minimum absolute atomic E-state index is 0.398. The molecule has 106 valence electrons. The average molecular weight is 278 g/mol. The molecule has 0 saturated carbocycles. The van der Waals surface area contributed by atoms with Crippen molar-refractivity contribution in [2.45, 2.75) is 47.1 Å². The van der Waals surface area contributed by atoms with Crippen LogP contribution in [0.1, 0.15) is 40.2 Å². The highest BCUT2D eigenvalue weighted by Gasteiger charge is 2.17. The summed E-state index contributed by atoms with van der Waals surface area (Å²) < 4.78 is 0. The van der Waals surface area contributed by atoms with Crippen molar-refractivity contribution in [1.82, 2.24) is 5.32 Å². The Morgan fingerprint density at radius 1 is 1.05 bits per heavy atom. The number of rotatable bonds is 5. The van der Waals surface area contributed by atoms with Gasteiger partial charge in [-0.2, -0.15) is 0 Å². The summed E-state index contributed by atoms with van der Waals surface area (Å²) in [6.45, 7) is 11.0. The van der Waals surface area contributed by atoms with Crippen LogP contribution in [0.2, 0.25) is 0 Å². The fourth-order valence-electron chi connectivity index (χ4n) is 2.25. The Morgan fingerprint density at radius 3 is 2.00 bits per heavy atom. The summed E-state index contributed by atoms with van der Waals surface area (Å²) in [5.74, 6) is 1.12. The topological polar surface area (TPSA) is 24.1 Å². The summed E-state index contributed by atoms with van der Waals surface area (Å²) in [5.41, 5.74) is 2.38. The smallest absolute Gasteiger partial charge is 0.171 e. The van der Waals surface area contributed by atoms with E-state index in [1.54, 1.807) is 0 Å². The Labute approximate surface area is 123 Å². The molecule has 1 aromatic carbocycles. The largest absolute Gasteiger partial charge is 0.359 e. The minimum Gasteiger partial charge on any atom is -0.359 e. The van der Waals surface area contributed by atoms with Crippen LogP contribution in [0, 0.1) is 11.8 Å². The highest BCUT2D eigenvalue weighted by atomic mass is 32.1. The van der Waals surface area contributed by atoms with Gasteiger partial charge >= 0.3 is 0 Å². The monoisotopic (exact) mass is 278 g/mol. The van der Waals surface area contributed by atoms with Crippen LogP contribution in [-0.2, 0) is 6.42 Å². The molecule has 0 unspecified atom stereocenters. The maximum absolute atomic E-state index is 5.39. The number of aryl methyl sites for hydroxylation is 1. The van der Waals surface area contributed by atoms with Crippen molar-refractivity contribution in [1.29, 1.82) is 0 Å². The summed E-state index contributed by atoms with van der Waals surface area (Å²) in [4.78, 5) is 0. The third-order valence-electron chi connectivity index (χ3n) is 3.35. The first-order chi connectivity index (χ1) is 8.93. The van der Waals surface area contributed by atoms with Gasteiger partial charge in [-0.1, -0.05) is 46.8 Å². The van der Waals surface area contributed by atoms with Crippen molar-refractivity contribution < 1.29 is 0 Å². The maximum Gasteiger partial charge on any atom is 0.171 e. The molecule has 0 radical (unpaired) electrons. The van der Waals surface area contributed by atoms with Crippen molar-refractivity contribution in [2.24, 2.45) is 11.8 Å². The number of hydrogen-bond acceptors (Lipinski definition) is 1. The molecule has 1 aromatic rings. The van der Waals surface area contributed by atoms with Gasteiger partial charge in [0.1, 0.15) is 0 Å². The Bertz CT molecular complexity index is 388. The van der Waals surface area contributed by atoms with Crippen LogP contribution < -0.4 is 10.6 Å². The van der Waals surface area contributed by atoms with Crippen LogP contribution >= 0.6 is 12.2 Å². The van der Waals surface area contributed by atoms with Crippen LogP contribution in [0.25, 0.3) is 0 Å². The minimum atomic E-state index is 0.398. The van der Waals surface area contributed by atoms with Gasteiger partial charge in [0, 0.05) is 11.7 Å². The lowest BCUT2D eigenvalue weighted by Crippen LogP contribution is -2.44. The van der Waals surface area contributed by atoms with Crippen molar-refractivity contribution >= 4 is 23.0 Å². The zero-order chi connectivity index (χ0) is 14.4. The van der Waals surface area contributed by atoms with E-state index in [0.717, 1.165) is 12.1 Å². The standard InChI is InChI=1S/C16H26N2S/c1-6-13-7-9-14(10-8-13)17-16(19)18-15(11(2)3)12(4)5/h7-12,15H,6H2,1-5H3,(H2,17,18,19). The van der Waals surface area contributed by atoms with Crippen LogP contribution in [0.4, 0.5) is 5.69 Å². The number of nitrogens with one attached hydrogen (secondary N) is 2. The maximum atomic E-state index is 5.39. The third kappa shape index (κ3) is 5.19. The van der Waals surface area contributed by atoms with E-state index >= 15 is 0 Å². The zero-order valence-electron chi connectivity index (χ0n) is 12.7. The number of benzene rings is 1. The highest BCUT2D eigenvalue weighted by Crippen LogP contribution is 2.13. The lowest BCUT2D eigenvalue weighted by molar-refractivity contribution is 0.356. The second-order valence-electron chi connectivity index (χ2n) is 5.66. The predicted octanol–water partition coefficient (Wildman–Crippen LogP) is 4.22. The molecule has 0 aromatic heterocycles. The van der Waals surface area contributed by atoms with Crippen molar-refractivity contribution in [3.63, 3.8) is 0 Å². The van der Waals surface area contributed by atoms with E-state index in [0.29, 0.717) is 23.0 Å². The fourth-order valence-corrected chi connectivity index (χ4v) is 2.50. The normalized spacial score (nSPS) is 11.2. The molecule has 0 aliphatic rings. The van der Waals surface area contributed by atoms with Gasteiger partial charge in [0.25, 0.3) is 0 Å². The first-order valence-corrected chi connectivity index (χ1v) is 7.51. The first kappa shape index (κ1) is 16.0. The molecule has 0 atom stereocenters. The Balaban J connectivity index is 2.58. The average Bonchev–Trinajstić information content (AvgIpc) is 2.36. The molecule has 1 rings (SSSR count). The van der Waals surface area contributed by atoms with E-state index in [4.69, 9.17) is 12.2 Å². The molecule has 0 bridgehead atoms. The van der Waals surface area contributed by atoms with E-state index in [9.17, 15) is 0 Å². The molecule has 0 aliphatic carbocycles. The van der Waals surface area contributed by atoms with E-state index < -0.39 is 0 Å². The van der Waals surface area contributed by atoms with E-state index in [2.05, 4.69) is 69.5 Å². The quantitative estimate of drug-likeness (QED) is 0.789. The SMILES string of the molecule is CCc1ccc(NC(=S)NC(C(C)C)C(C)C)cc1. The van der Waals surface area contributed by atoms with Gasteiger partial charge in [-0.15, -0.1) is 0 Å². The predicted molar refractivity (Wildman–Crippen MR) is 88.6 cm³/mol. The molecule has 2 nitrogen and oxygen atoms in total. The Hall–Kier alpha value is -1.09. The second kappa shape index (κ2) is 7.49. The van der Waals surface area contributed by atoms with Crippen molar-refractivity contribution in [3.05, 3.63) is 29.8 Å². The number of anilines is 1. The summed E-state index contributed by atoms with van der Waals surface area (Å²) in [5, 5.41) is 7.37. The molecule has 0 heterocycles. The molecule has 0 aliphatic heterocycles. The lowest BCUT2D eigenvalue weighted by atomic mass is 9.93. The van der Waals surface area contributed by atoms with Crippen LogP contribution in [0.15, 0.2) is 24.3 Å². The van der Waals surface area contributed by atoms with Crippen LogP contribution in [0.5, 0.6) is 0 Å². The van der Waals surface area contributed by atoms with Gasteiger partial charge in [-0.3, -0.25) is 0 Å². The zero-order valence-corrected chi connectivity index (χ0v) is 13.5.